The number of amides is 2. The Morgan fingerprint density at radius 2 is 1.73 bits per heavy atom. The number of anilines is 1. The Labute approximate surface area is 177 Å². The van der Waals surface area contributed by atoms with Crippen molar-refractivity contribution in [3.63, 3.8) is 0 Å². The lowest BCUT2D eigenvalue weighted by atomic mass is 9.92. The number of aliphatic hydroxyl groups excluding tert-OH is 1. The van der Waals surface area contributed by atoms with Crippen LogP contribution in [0.5, 0.6) is 0 Å². The van der Waals surface area contributed by atoms with Gasteiger partial charge in [-0.05, 0) is 37.0 Å². The molecule has 0 radical (unpaired) electrons. The monoisotopic (exact) mass is 407 g/mol. The third kappa shape index (κ3) is 3.85. The minimum absolute atomic E-state index is 0.0939. The molecule has 1 aliphatic heterocycles. The zero-order chi connectivity index (χ0) is 21.3. The van der Waals surface area contributed by atoms with Gasteiger partial charge in [0.2, 0.25) is 5.91 Å². The fraction of sp³-hybridized carbons (Fsp3) is 0.417. The molecule has 0 bridgehead atoms. The van der Waals surface area contributed by atoms with Gasteiger partial charge in [0.15, 0.2) is 0 Å². The molecule has 2 aromatic rings. The zero-order valence-corrected chi connectivity index (χ0v) is 17.5. The van der Waals surface area contributed by atoms with Crippen molar-refractivity contribution in [2.24, 2.45) is 0 Å². The first-order valence-corrected chi connectivity index (χ1v) is 10.7. The van der Waals surface area contributed by atoms with Crippen molar-refractivity contribution in [2.75, 3.05) is 11.9 Å². The molecule has 1 saturated carbocycles. The number of nitrogens with zero attached hydrogens (tertiary/aromatic N) is 1. The number of rotatable bonds is 4. The number of hydrogen-bond acceptors (Lipinski definition) is 4. The fourth-order valence-electron chi connectivity index (χ4n) is 4.54. The topological polar surface area (TPSA) is 81.7 Å². The van der Waals surface area contributed by atoms with Crippen LogP contribution in [0.2, 0.25) is 0 Å². The van der Waals surface area contributed by atoms with Crippen LogP contribution >= 0.6 is 0 Å². The number of para-hydroxylation sites is 1. The number of benzene rings is 2. The molecule has 0 saturated heterocycles. The van der Waals surface area contributed by atoms with E-state index in [-0.39, 0.29) is 17.9 Å². The predicted molar refractivity (Wildman–Crippen MR) is 117 cm³/mol. The molecular weight excluding hydrogens is 378 g/mol. The van der Waals surface area contributed by atoms with Crippen molar-refractivity contribution >= 4 is 17.5 Å². The van der Waals surface area contributed by atoms with E-state index in [1.807, 2.05) is 48.5 Å². The van der Waals surface area contributed by atoms with Crippen molar-refractivity contribution in [2.45, 2.75) is 56.8 Å². The van der Waals surface area contributed by atoms with Crippen LogP contribution in [0.15, 0.2) is 48.5 Å². The number of likely N-dealkylation sites (N-methyl/N-ethyl adjacent to an activating group) is 1. The van der Waals surface area contributed by atoms with E-state index < -0.39 is 18.2 Å². The van der Waals surface area contributed by atoms with Crippen molar-refractivity contribution in [1.29, 1.82) is 0 Å². The zero-order valence-electron chi connectivity index (χ0n) is 17.5. The molecule has 6 heteroatoms. The molecule has 158 valence electrons. The van der Waals surface area contributed by atoms with Crippen LogP contribution in [-0.2, 0) is 9.59 Å². The van der Waals surface area contributed by atoms with E-state index in [9.17, 15) is 14.7 Å². The summed E-state index contributed by atoms with van der Waals surface area (Å²) in [6.45, 7) is 1.78. The molecule has 30 heavy (non-hydrogen) atoms. The molecule has 3 N–H and O–H groups in total. The van der Waals surface area contributed by atoms with Crippen LogP contribution in [0.25, 0.3) is 11.1 Å². The Kier molecular flexibility index (Phi) is 5.88. The Bertz CT molecular complexity index is 945. The molecule has 0 aromatic heterocycles. The van der Waals surface area contributed by atoms with Crippen molar-refractivity contribution in [1.82, 2.24) is 10.6 Å². The van der Waals surface area contributed by atoms with Crippen LogP contribution in [0, 0.1) is 0 Å². The summed E-state index contributed by atoms with van der Waals surface area (Å²) in [5.74, 6) is -0.425. The maximum atomic E-state index is 13.3. The standard InChI is InChI=1S/C24H29N3O3/c1-15(25-19-12-6-8-14-21(19)28)23(29)26-22-18-11-4-3-9-16(18)17-10-5-7-13-20(17)27(2)24(22)30/h3-5,7,9-11,13,15,19,21-22,25,28H,6,8,12,14H2,1-2H3,(H,26,29). The van der Waals surface area contributed by atoms with E-state index in [1.165, 1.54) is 0 Å². The van der Waals surface area contributed by atoms with Gasteiger partial charge in [-0.3, -0.25) is 9.59 Å². The number of nitrogens with one attached hydrogen (secondary N) is 2. The average molecular weight is 408 g/mol. The Morgan fingerprint density at radius 1 is 1.07 bits per heavy atom. The van der Waals surface area contributed by atoms with E-state index in [0.29, 0.717) is 0 Å². The molecule has 1 fully saturated rings. The highest BCUT2D eigenvalue weighted by Crippen LogP contribution is 2.39. The molecule has 4 rings (SSSR count). The molecule has 2 aliphatic rings. The van der Waals surface area contributed by atoms with Gasteiger partial charge in [-0.15, -0.1) is 0 Å². The largest absolute Gasteiger partial charge is 0.392 e. The van der Waals surface area contributed by atoms with E-state index in [2.05, 4.69) is 10.6 Å². The number of carbonyl (C=O) groups excluding carboxylic acids is 2. The lowest BCUT2D eigenvalue weighted by molar-refractivity contribution is -0.128. The quantitative estimate of drug-likeness (QED) is 0.728. The second-order valence-corrected chi connectivity index (χ2v) is 8.29. The number of fused-ring (bicyclic) bond motifs is 3. The molecule has 4 unspecified atom stereocenters. The molecule has 1 aliphatic carbocycles. The maximum Gasteiger partial charge on any atom is 0.253 e. The summed E-state index contributed by atoms with van der Waals surface area (Å²) in [7, 11) is 1.74. The van der Waals surface area contributed by atoms with E-state index >= 15 is 0 Å². The maximum absolute atomic E-state index is 13.3. The van der Waals surface area contributed by atoms with E-state index in [0.717, 1.165) is 48.1 Å². The summed E-state index contributed by atoms with van der Waals surface area (Å²) in [6.07, 6.45) is 3.22. The van der Waals surface area contributed by atoms with Crippen LogP contribution in [-0.4, -0.2) is 42.2 Å². The van der Waals surface area contributed by atoms with Crippen LogP contribution in [0.1, 0.15) is 44.2 Å². The van der Waals surface area contributed by atoms with Gasteiger partial charge in [-0.25, -0.2) is 0 Å². The highest BCUT2D eigenvalue weighted by Gasteiger charge is 2.34. The van der Waals surface area contributed by atoms with Gasteiger partial charge in [0.05, 0.1) is 17.8 Å². The van der Waals surface area contributed by atoms with Crippen molar-refractivity contribution in [3.05, 3.63) is 54.1 Å². The minimum atomic E-state index is -0.772. The Morgan fingerprint density at radius 3 is 2.50 bits per heavy atom. The summed E-state index contributed by atoms with van der Waals surface area (Å²) < 4.78 is 0. The Hall–Kier alpha value is -2.70. The molecule has 0 spiro atoms. The number of carbonyl (C=O) groups is 2. The first kappa shape index (κ1) is 20.6. The van der Waals surface area contributed by atoms with Gasteiger partial charge in [-0.2, -0.15) is 0 Å². The lowest BCUT2D eigenvalue weighted by Crippen LogP contribution is -2.53. The SMILES string of the molecule is CC(NC1CCCCC1O)C(=O)NC1C(=O)N(C)c2ccccc2-c2ccccc21. The van der Waals surface area contributed by atoms with Gasteiger partial charge in [-0.1, -0.05) is 55.3 Å². The summed E-state index contributed by atoms with van der Waals surface area (Å²) in [5, 5.41) is 16.4. The van der Waals surface area contributed by atoms with Gasteiger partial charge in [0, 0.05) is 18.7 Å². The van der Waals surface area contributed by atoms with Gasteiger partial charge < -0.3 is 20.6 Å². The predicted octanol–water partition coefficient (Wildman–Crippen LogP) is 2.77. The first-order valence-electron chi connectivity index (χ1n) is 10.7. The summed E-state index contributed by atoms with van der Waals surface area (Å²) in [5.41, 5.74) is 3.53. The smallest absolute Gasteiger partial charge is 0.253 e. The molecule has 1 heterocycles. The van der Waals surface area contributed by atoms with Gasteiger partial charge in [0.25, 0.3) is 5.91 Å². The summed E-state index contributed by atoms with van der Waals surface area (Å²) in [6, 6.07) is 14.1. The van der Waals surface area contributed by atoms with E-state index in [1.54, 1.807) is 18.9 Å². The molecular formula is C24H29N3O3. The Balaban J connectivity index is 1.59. The second-order valence-electron chi connectivity index (χ2n) is 8.29. The normalized spacial score (nSPS) is 24.4. The lowest BCUT2D eigenvalue weighted by Gasteiger charge is -2.31. The fourth-order valence-corrected chi connectivity index (χ4v) is 4.54. The number of hydrogen-bond donors (Lipinski definition) is 3. The second kappa shape index (κ2) is 8.58. The van der Waals surface area contributed by atoms with Crippen LogP contribution in [0.3, 0.4) is 0 Å². The summed E-state index contributed by atoms with van der Waals surface area (Å²) >= 11 is 0. The van der Waals surface area contributed by atoms with Crippen LogP contribution < -0.4 is 15.5 Å². The third-order valence-electron chi connectivity index (χ3n) is 6.28. The van der Waals surface area contributed by atoms with Crippen molar-refractivity contribution < 1.29 is 14.7 Å². The summed E-state index contributed by atoms with van der Waals surface area (Å²) in [4.78, 5) is 27.9. The molecule has 6 nitrogen and oxygen atoms in total. The molecule has 2 aromatic carbocycles. The third-order valence-corrected chi connectivity index (χ3v) is 6.28. The van der Waals surface area contributed by atoms with Gasteiger partial charge in [0.1, 0.15) is 6.04 Å². The van der Waals surface area contributed by atoms with Crippen molar-refractivity contribution in [3.8, 4) is 11.1 Å². The molecule has 4 atom stereocenters. The molecule has 2 amide bonds. The van der Waals surface area contributed by atoms with Gasteiger partial charge >= 0.3 is 0 Å². The van der Waals surface area contributed by atoms with E-state index in [4.69, 9.17) is 0 Å². The van der Waals surface area contributed by atoms with Crippen LogP contribution in [0.4, 0.5) is 5.69 Å². The minimum Gasteiger partial charge on any atom is -0.392 e. The number of aliphatic hydroxyl groups is 1. The average Bonchev–Trinajstić information content (AvgIpc) is 2.85. The first-order chi connectivity index (χ1) is 14.5. The highest BCUT2D eigenvalue weighted by atomic mass is 16.3. The highest BCUT2D eigenvalue weighted by molar-refractivity contribution is 6.06.